The summed E-state index contributed by atoms with van der Waals surface area (Å²) in [6, 6.07) is 13.3. The molecule has 168 valence electrons. The van der Waals surface area contributed by atoms with E-state index in [9.17, 15) is 22.0 Å². The van der Waals surface area contributed by atoms with Crippen LogP contribution >= 0.6 is 11.6 Å². The summed E-state index contributed by atoms with van der Waals surface area (Å²) in [4.78, 5) is 12.6. The van der Waals surface area contributed by atoms with Gasteiger partial charge in [-0.2, -0.15) is 0 Å². The van der Waals surface area contributed by atoms with Crippen LogP contribution in [0, 0.1) is 18.6 Å². The first kappa shape index (κ1) is 23.5. The van der Waals surface area contributed by atoms with Crippen LogP contribution in [0.4, 0.5) is 20.2 Å². The Balaban J connectivity index is 2.01. The van der Waals surface area contributed by atoms with Crippen LogP contribution in [0.15, 0.2) is 65.6 Å². The zero-order chi connectivity index (χ0) is 23.5. The Hall–Kier alpha value is -3.17. The number of nitrogens with one attached hydrogen (secondary N) is 1. The van der Waals surface area contributed by atoms with Crippen molar-refractivity contribution >= 4 is 38.9 Å². The van der Waals surface area contributed by atoms with Crippen molar-refractivity contribution in [1.29, 1.82) is 0 Å². The Morgan fingerprint density at radius 2 is 1.69 bits per heavy atom. The fourth-order valence-electron chi connectivity index (χ4n) is 2.89. The SMILES string of the molecule is COc1ccc(N(CC(=O)Nc2c(F)cccc2F)S(=O)(=O)c2ccc(C)cc2)cc1Cl. The normalized spacial score (nSPS) is 11.2. The molecule has 0 radical (unpaired) electrons. The first-order valence-electron chi connectivity index (χ1n) is 9.30. The van der Waals surface area contributed by atoms with Gasteiger partial charge in [-0.1, -0.05) is 35.4 Å². The highest BCUT2D eigenvalue weighted by Crippen LogP contribution is 2.32. The molecule has 0 unspecified atom stereocenters. The minimum atomic E-state index is -4.23. The van der Waals surface area contributed by atoms with E-state index in [4.69, 9.17) is 16.3 Å². The molecule has 1 amide bonds. The van der Waals surface area contributed by atoms with Gasteiger partial charge in [0, 0.05) is 0 Å². The summed E-state index contributed by atoms with van der Waals surface area (Å²) in [5.41, 5.74) is 0.245. The maximum absolute atomic E-state index is 13.9. The molecule has 6 nitrogen and oxygen atoms in total. The van der Waals surface area contributed by atoms with E-state index in [0.717, 1.165) is 28.1 Å². The van der Waals surface area contributed by atoms with Crippen molar-refractivity contribution in [2.45, 2.75) is 11.8 Å². The lowest BCUT2D eigenvalue weighted by atomic mass is 10.2. The molecule has 10 heteroatoms. The number of ether oxygens (including phenoxy) is 1. The van der Waals surface area contributed by atoms with Gasteiger partial charge in [-0.15, -0.1) is 0 Å². The average molecular weight is 481 g/mol. The second-order valence-electron chi connectivity index (χ2n) is 6.79. The third-order valence-electron chi connectivity index (χ3n) is 4.55. The average Bonchev–Trinajstić information content (AvgIpc) is 2.75. The molecular formula is C22H19ClF2N2O4S. The Morgan fingerprint density at radius 3 is 2.25 bits per heavy atom. The molecule has 3 rings (SSSR count). The Labute approximate surface area is 189 Å². The number of nitrogens with zero attached hydrogens (tertiary/aromatic N) is 1. The monoisotopic (exact) mass is 480 g/mol. The van der Waals surface area contributed by atoms with E-state index < -0.39 is 39.8 Å². The summed E-state index contributed by atoms with van der Waals surface area (Å²) in [7, 11) is -2.83. The Morgan fingerprint density at radius 1 is 1.06 bits per heavy atom. The zero-order valence-corrected chi connectivity index (χ0v) is 18.7. The van der Waals surface area contributed by atoms with Crippen molar-refractivity contribution in [3.63, 3.8) is 0 Å². The molecule has 0 aliphatic carbocycles. The number of para-hydroxylation sites is 1. The molecule has 0 atom stereocenters. The molecule has 32 heavy (non-hydrogen) atoms. The van der Waals surface area contributed by atoms with Crippen LogP contribution in [0.25, 0.3) is 0 Å². The van der Waals surface area contributed by atoms with Crippen LogP contribution in [-0.2, 0) is 14.8 Å². The lowest BCUT2D eigenvalue weighted by Crippen LogP contribution is -2.38. The van der Waals surface area contributed by atoms with Gasteiger partial charge in [0.1, 0.15) is 29.6 Å². The molecule has 0 aliphatic rings. The third kappa shape index (κ3) is 5.00. The molecular weight excluding hydrogens is 462 g/mol. The van der Waals surface area contributed by atoms with E-state index in [1.54, 1.807) is 19.1 Å². The number of sulfonamides is 1. The van der Waals surface area contributed by atoms with Crippen molar-refractivity contribution in [1.82, 2.24) is 0 Å². The number of carbonyl (C=O) groups is 1. The van der Waals surface area contributed by atoms with E-state index in [2.05, 4.69) is 5.32 Å². The molecule has 0 heterocycles. The summed E-state index contributed by atoms with van der Waals surface area (Å²) in [6.45, 7) is 1.04. The van der Waals surface area contributed by atoms with Gasteiger partial charge < -0.3 is 10.1 Å². The molecule has 3 aromatic carbocycles. The number of halogens is 3. The maximum atomic E-state index is 13.9. The molecule has 0 aromatic heterocycles. The minimum absolute atomic E-state index is 0.0695. The molecule has 0 aliphatic heterocycles. The van der Waals surface area contributed by atoms with E-state index in [1.807, 2.05) is 0 Å². The number of methoxy groups -OCH3 is 1. The predicted octanol–water partition coefficient (Wildman–Crippen LogP) is 4.77. The van der Waals surface area contributed by atoms with Crippen molar-refractivity contribution < 1.29 is 26.7 Å². The van der Waals surface area contributed by atoms with Crippen LogP contribution in [0.3, 0.4) is 0 Å². The van der Waals surface area contributed by atoms with Crippen LogP contribution < -0.4 is 14.4 Å². The molecule has 3 aromatic rings. The summed E-state index contributed by atoms with van der Waals surface area (Å²) in [5, 5.41) is 2.22. The van der Waals surface area contributed by atoms with Crippen LogP contribution in [0.1, 0.15) is 5.56 Å². The van der Waals surface area contributed by atoms with E-state index in [-0.39, 0.29) is 15.6 Å². The fourth-order valence-corrected chi connectivity index (χ4v) is 4.55. The van der Waals surface area contributed by atoms with Crippen molar-refractivity contribution in [3.8, 4) is 5.75 Å². The smallest absolute Gasteiger partial charge is 0.264 e. The van der Waals surface area contributed by atoms with Crippen molar-refractivity contribution in [2.24, 2.45) is 0 Å². The number of amides is 1. The lowest BCUT2D eigenvalue weighted by Gasteiger charge is -2.24. The number of anilines is 2. The zero-order valence-electron chi connectivity index (χ0n) is 17.1. The van der Waals surface area contributed by atoms with Gasteiger partial charge >= 0.3 is 0 Å². The van der Waals surface area contributed by atoms with Crippen molar-refractivity contribution in [2.75, 3.05) is 23.3 Å². The van der Waals surface area contributed by atoms with Gasteiger partial charge in [0.2, 0.25) is 5.91 Å². The van der Waals surface area contributed by atoms with Crippen LogP contribution in [-0.4, -0.2) is 28.0 Å². The molecule has 1 N–H and O–H groups in total. The van der Waals surface area contributed by atoms with Crippen LogP contribution in [0.2, 0.25) is 5.02 Å². The highest BCUT2D eigenvalue weighted by Gasteiger charge is 2.28. The summed E-state index contributed by atoms with van der Waals surface area (Å²) >= 11 is 6.15. The minimum Gasteiger partial charge on any atom is -0.495 e. The lowest BCUT2D eigenvalue weighted by molar-refractivity contribution is -0.114. The first-order chi connectivity index (χ1) is 15.1. The van der Waals surface area contributed by atoms with Gasteiger partial charge in [-0.3, -0.25) is 9.10 Å². The summed E-state index contributed by atoms with van der Waals surface area (Å²) < 4.78 is 60.5. The Bertz CT molecular complexity index is 1230. The number of aryl methyl sites for hydroxylation is 1. The molecule has 0 saturated heterocycles. The number of hydrogen-bond donors (Lipinski definition) is 1. The van der Waals surface area contributed by atoms with Gasteiger partial charge in [-0.05, 0) is 49.4 Å². The van der Waals surface area contributed by atoms with E-state index in [1.165, 1.54) is 37.4 Å². The van der Waals surface area contributed by atoms with E-state index >= 15 is 0 Å². The van der Waals surface area contributed by atoms with Gasteiger partial charge in [-0.25, -0.2) is 17.2 Å². The highest BCUT2D eigenvalue weighted by atomic mass is 35.5. The summed E-state index contributed by atoms with van der Waals surface area (Å²) in [5.74, 6) is -2.62. The Kier molecular flexibility index (Phi) is 7.00. The molecule has 0 fully saturated rings. The largest absolute Gasteiger partial charge is 0.495 e. The second kappa shape index (κ2) is 9.54. The third-order valence-corrected chi connectivity index (χ3v) is 6.63. The van der Waals surface area contributed by atoms with Crippen molar-refractivity contribution in [3.05, 3.63) is 82.9 Å². The molecule has 0 saturated carbocycles. The number of hydrogen-bond acceptors (Lipinski definition) is 4. The number of carbonyl (C=O) groups excluding carboxylic acids is 1. The van der Waals surface area contributed by atoms with Gasteiger partial charge in [0.05, 0.1) is 22.7 Å². The molecule has 0 spiro atoms. The standard InChI is InChI=1S/C22H19ClF2N2O4S/c1-14-6-9-16(10-7-14)32(29,30)27(15-8-11-20(31-2)17(23)12-15)13-21(28)26-22-18(24)4-3-5-19(22)25/h3-12H,13H2,1-2H3,(H,26,28). The molecule has 0 bridgehead atoms. The number of benzene rings is 3. The van der Waals surface area contributed by atoms with E-state index in [0.29, 0.717) is 5.75 Å². The highest BCUT2D eigenvalue weighted by molar-refractivity contribution is 7.92. The van der Waals surface area contributed by atoms with Gasteiger partial charge in [0.15, 0.2) is 0 Å². The fraction of sp³-hybridized carbons (Fsp3) is 0.136. The van der Waals surface area contributed by atoms with Crippen LogP contribution in [0.5, 0.6) is 5.75 Å². The maximum Gasteiger partial charge on any atom is 0.264 e. The van der Waals surface area contributed by atoms with Gasteiger partial charge in [0.25, 0.3) is 10.0 Å². The summed E-state index contributed by atoms with van der Waals surface area (Å²) in [6.07, 6.45) is 0. The second-order valence-corrected chi connectivity index (χ2v) is 9.06. The quantitative estimate of drug-likeness (QED) is 0.528. The predicted molar refractivity (Wildman–Crippen MR) is 119 cm³/mol. The first-order valence-corrected chi connectivity index (χ1v) is 11.1. The topological polar surface area (TPSA) is 75.7 Å². The number of rotatable bonds is 7.